The highest BCUT2D eigenvalue weighted by atomic mass is 16.3. The van der Waals surface area contributed by atoms with Gasteiger partial charge in [0.05, 0.1) is 5.60 Å². The van der Waals surface area contributed by atoms with Crippen molar-refractivity contribution in [2.24, 2.45) is 5.73 Å². The first-order valence-electron chi connectivity index (χ1n) is 3.79. The summed E-state index contributed by atoms with van der Waals surface area (Å²) in [6.45, 7) is 0.667. The van der Waals surface area contributed by atoms with Gasteiger partial charge in [0.2, 0.25) is 0 Å². The van der Waals surface area contributed by atoms with Crippen LogP contribution in [-0.2, 0) is 0 Å². The maximum Gasteiger partial charge on any atom is 0.0786 e. The van der Waals surface area contributed by atoms with Crippen LogP contribution < -0.4 is 11.1 Å². The summed E-state index contributed by atoms with van der Waals surface area (Å²) in [6.07, 6.45) is 2.54. The molecule has 0 aromatic carbocycles. The summed E-state index contributed by atoms with van der Waals surface area (Å²) >= 11 is 0. The first kappa shape index (κ1) is 7.98. The van der Waals surface area contributed by atoms with Crippen molar-refractivity contribution >= 4 is 0 Å². The molecule has 1 aliphatic carbocycles. The number of nitrogens with one attached hydrogen (secondary N) is 1. The fraction of sp³-hybridized carbons (Fsp3) is 1.00. The van der Waals surface area contributed by atoms with Gasteiger partial charge in [0, 0.05) is 12.6 Å². The first-order valence-corrected chi connectivity index (χ1v) is 3.79. The zero-order chi connectivity index (χ0) is 7.61. The Labute approximate surface area is 61.6 Å². The molecule has 0 spiro atoms. The third kappa shape index (κ3) is 1.68. The predicted molar refractivity (Wildman–Crippen MR) is 40.7 cm³/mol. The number of likely N-dealkylation sites (N-methyl/N-ethyl adjacent to an activating group) is 1. The highest BCUT2D eigenvalue weighted by Gasteiger charge is 2.34. The van der Waals surface area contributed by atoms with Gasteiger partial charge in [-0.3, -0.25) is 0 Å². The monoisotopic (exact) mass is 144 g/mol. The van der Waals surface area contributed by atoms with E-state index in [2.05, 4.69) is 5.32 Å². The van der Waals surface area contributed by atoms with E-state index in [1.165, 1.54) is 0 Å². The van der Waals surface area contributed by atoms with Crippen LogP contribution in [0, 0.1) is 0 Å². The minimum atomic E-state index is -0.520. The van der Waals surface area contributed by atoms with Crippen LogP contribution in [-0.4, -0.2) is 30.3 Å². The van der Waals surface area contributed by atoms with E-state index in [0.717, 1.165) is 19.3 Å². The van der Waals surface area contributed by atoms with Crippen LogP contribution in [0.25, 0.3) is 0 Å². The first-order chi connectivity index (χ1) is 4.66. The normalized spacial score (nSPS) is 40.5. The molecule has 1 aliphatic rings. The van der Waals surface area contributed by atoms with E-state index in [1.807, 2.05) is 7.05 Å². The molecule has 0 aliphatic heterocycles. The van der Waals surface area contributed by atoms with Crippen LogP contribution in [0.1, 0.15) is 19.3 Å². The van der Waals surface area contributed by atoms with E-state index in [9.17, 15) is 5.11 Å². The Balaban J connectivity index is 2.38. The number of nitrogens with two attached hydrogens (primary N) is 1. The minimum Gasteiger partial charge on any atom is -0.389 e. The molecule has 0 heterocycles. The van der Waals surface area contributed by atoms with E-state index in [4.69, 9.17) is 5.73 Å². The molecule has 2 unspecified atom stereocenters. The standard InChI is InChI=1S/C7H16N2O/c1-9-5-7(10)3-2-6(8)4-7/h6,9-10H,2-5,8H2,1H3. The summed E-state index contributed by atoms with van der Waals surface area (Å²) in [5.74, 6) is 0. The molecule has 3 nitrogen and oxygen atoms in total. The molecule has 0 aromatic heterocycles. The Morgan fingerprint density at radius 2 is 2.50 bits per heavy atom. The van der Waals surface area contributed by atoms with Gasteiger partial charge in [0.15, 0.2) is 0 Å². The van der Waals surface area contributed by atoms with Crippen molar-refractivity contribution in [3.05, 3.63) is 0 Å². The molecule has 4 N–H and O–H groups in total. The van der Waals surface area contributed by atoms with Gasteiger partial charge in [0.1, 0.15) is 0 Å². The molecule has 0 bridgehead atoms. The Bertz CT molecular complexity index is 114. The summed E-state index contributed by atoms with van der Waals surface area (Å²) in [4.78, 5) is 0. The van der Waals surface area contributed by atoms with Gasteiger partial charge in [-0.05, 0) is 26.3 Å². The largest absolute Gasteiger partial charge is 0.389 e. The Morgan fingerprint density at radius 1 is 1.80 bits per heavy atom. The maximum atomic E-state index is 9.72. The number of rotatable bonds is 2. The molecule has 0 aromatic rings. The van der Waals surface area contributed by atoms with Gasteiger partial charge >= 0.3 is 0 Å². The molecule has 3 heteroatoms. The fourth-order valence-electron chi connectivity index (χ4n) is 1.64. The summed E-state index contributed by atoms with van der Waals surface area (Å²) in [5, 5.41) is 12.7. The molecule has 10 heavy (non-hydrogen) atoms. The van der Waals surface area contributed by atoms with Crippen molar-refractivity contribution in [2.75, 3.05) is 13.6 Å². The van der Waals surface area contributed by atoms with Gasteiger partial charge in [0.25, 0.3) is 0 Å². The van der Waals surface area contributed by atoms with Gasteiger partial charge in [-0.1, -0.05) is 0 Å². The third-order valence-electron chi connectivity index (χ3n) is 2.13. The lowest BCUT2D eigenvalue weighted by molar-refractivity contribution is 0.0485. The fourth-order valence-corrected chi connectivity index (χ4v) is 1.64. The van der Waals surface area contributed by atoms with Crippen LogP contribution in [0.5, 0.6) is 0 Å². The van der Waals surface area contributed by atoms with Crippen LogP contribution in [0.3, 0.4) is 0 Å². The highest BCUT2D eigenvalue weighted by molar-refractivity contribution is 4.92. The lowest BCUT2D eigenvalue weighted by Gasteiger charge is -2.21. The van der Waals surface area contributed by atoms with E-state index < -0.39 is 5.60 Å². The molecule has 1 fully saturated rings. The van der Waals surface area contributed by atoms with E-state index in [0.29, 0.717) is 6.54 Å². The highest BCUT2D eigenvalue weighted by Crippen LogP contribution is 2.27. The third-order valence-corrected chi connectivity index (χ3v) is 2.13. The van der Waals surface area contributed by atoms with E-state index in [1.54, 1.807) is 0 Å². The van der Waals surface area contributed by atoms with Gasteiger partial charge in [-0.2, -0.15) is 0 Å². The van der Waals surface area contributed by atoms with Gasteiger partial charge < -0.3 is 16.2 Å². The maximum absolute atomic E-state index is 9.72. The lowest BCUT2D eigenvalue weighted by Crippen LogP contribution is -2.37. The van der Waals surface area contributed by atoms with Gasteiger partial charge in [-0.15, -0.1) is 0 Å². The molecular formula is C7H16N2O. The second-order valence-electron chi connectivity index (χ2n) is 3.26. The SMILES string of the molecule is CNCC1(O)CCC(N)C1. The Kier molecular flexibility index (Phi) is 2.28. The molecule has 1 saturated carbocycles. The Morgan fingerprint density at radius 3 is 2.90 bits per heavy atom. The number of aliphatic hydroxyl groups is 1. The van der Waals surface area contributed by atoms with E-state index >= 15 is 0 Å². The number of hydrogen-bond donors (Lipinski definition) is 3. The van der Waals surface area contributed by atoms with Crippen LogP contribution >= 0.6 is 0 Å². The summed E-state index contributed by atoms with van der Waals surface area (Å²) < 4.78 is 0. The van der Waals surface area contributed by atoms with Crippen molar-refractivity contribution in [3.63, 3.8) is 0 Å². The van der Waals surface area contributed by atoms with Crippen molar-refractivity contribution in [2.45, 2.75) is 30.9 Å². The molecular weight excluding hydrogens is 128 g/mol. The lowest BCUT2D eigenvalue weighted by atomic mass is 10.0. The van der Waals surface area contributed by atoms with Crippen molar-refractivity contribution in [1.29, 1.82) is 0 Å². The van der Waals surface area contributed by atoms with Crippen LogP contribution in [0.2, 0.25) is 0 Å². The average Bonchev–Trinajstić information content (AvgIpc) is 2.12. The topological polar surface area (TPSA) is 58.3 Å². The number of hydrogen-bond acceptors (Lipinski definition) is 3. The second kappa shape index (κ2) is 2.86. The van der Waals surface area contributed by atoms with Crippen molar-refractivity contribution in [1.82, 2.24) is 5.32 Å². The van der Waals surface area contributed by atoms with Crippen LogP contribution in [0.4, 0.5) is 0 Å². The summed E-state index contributed by atoms with van der Waals surface area (Å²) in [5.41, 5.74) is 5.13. The average molecular weight is 144 g/mol. The quantitative estimate of drug-likeness (QED) is 0.487. The summed E-state index contributed by atoms with van der Waals surface area (Å²) in [7, 11) is 1.85. The van der Waals surface area contributed by atoms with Crippen molar-refractivity contribution in [3.8, 4) is 0 Å². The van der Waals surface area contributed by atoms with Gasteiger partial charge in [-0.25, -0.2) is 0 Å². The molecule has 0 saturated heterocycles. The molecule has 2 atom stereocenters. The Hall–Kier alpha value is -0.120. The second-order valence-corrected chi connectivity index (χ2v) is 3.26. The molecule has 60 valence electrons. The van der Waals surface area contributed by atoms with Crippen molar-refractivity contribution < 1.29 is 5.11 Å². The molecule has 0 radical (unpaired) electrons. The van der Waals surface area contributed by atoms with E-state index in [-0.39, 0.29) is 6.04 Å². The molecule has 0 amide bonds. The predicted octanol–water partition coefficient (Wildman–Crippen LogP) is -0.552. The minimum absolute atomic E-state index is 0.207. The molecule has 1 rings (SSSR count). The van der Waals surface area contributed by atoms with Crippen LogP contribution in [0.15, 0.2) is 0 Å². The smallest absolute Gasteiger partial charge is 0.0786 e. The zero-order valence-corrected chi connectivity index (χ0v) is 6.43. The summed E-state index contributed by atoms with van der Waals surface area (Å²) in [6, 6.07) is 0.207. The zero-order valence-electron chi connectivity index (χ0n) is 6.43.